The fraction of sp³-hybridized carbons (Fsp3) is 0.0952. The molecular weight excluding hydrogens is 338 g/mol. The van der Waals surface area contributed by atoms with E-state index in [1.54, 1.807) is 17.1 Å². The summed E-state index contributed by atoms with van der Waals surface area (Å²) in [4.78, 5) is 16.8. The minimum Gasteiger partial charge on any atom is -0.380 e. The average Bonchev–Trinajstić information content (AvgIpc) is 3.06. The van der Waals surface area contributed by atoms with E-state index in [1.807, 2.05) is 67.8 Å². The Labute approximate surface area is 156 Å². The number of nitrogens with zero attached hydrogens (tertiary/aromatic N) is 3. The minimum absolute atomic E-state index is 0.164. The van der Waals surface area contributed by atoms with Gasteiger partial charge in [-0.05, 0) is 48.0 Å². The number of benzene rings is 2. The van der Waals surface area contributed by atoms with Crippen LogP contribution in [-0.2, 0) is 13.6 Å². The van der Waals surface area contributed by atoms with Crippen LogP contribution >= 0.6 is 0 Å². The van der Waals surface area contributed by atoms with Crippen LogP contribution < -0.4 is 10.6 Å². The van der Waals surface area contributed by atoms with E-state index >= 15 is 0 Å². The number of carbonyl (C=O) groups excluding carboxylic acids is 1. The monoisotopic (exact) mass is 357 g/mol. The molecule has 0 unspecified atom stereocenters. The number of fused-ring (bicyclic) bond motifs is 1. The van der Waals surface area contributed by atoms with E-state index in [-0.39, 0.29) is 5.91 Å². The molecule has 2 N–H and O–H groups in total. The molecule has 6 nitrogen and oxygen atoms in total. The third-order valence-electron chi connectivity index (χ3n) is 4.28. The molecule has 4 aromatic rings. The van der Waals surface area contributed by atoms with Gasteiger partial charge in [0.2, 0.25) is 0 Å². The van der Waals surface area contributed by atoms with E-state index in [1.165, 1.54) is 0 Å². The normalized spacial score (nSPS) is 10.7. The summed E-state index contributed by atoms with van der Waals surface area (Å²) in [5.74, 6) is -0.164. The number of nitrogens with one attached hydrogen (secondary N) is 2. The van der Waals surface area contributed by atoms with E-state index in [0.717, 1.165) is 27.8 Å². The van der Waals surface area contributed by atoms with Crippen molar-refractivity contribution in [1.82, 2.24) is 14.8 Å². The summed E-state index contributed by atoms with van der Waals surface area (Å²) in [6, 6.07) is 17.1. The van der Waals surface area contributed by atoms with Gasteiger partial charge in [0.05, 0.1) is 11.1 Å². The van der Waals surface area contributed by atoms with Crippen LogP contribution in [0.4, 0.5) is 11.4 Å². The van der Waals surface area contributed by atoms with Crippen LogP contribution in [0.3, 0.4) is 0 Å². The zero-order chi connectivity index (χ0) is 18.6. The summed E-state index contributed by atoms with van der Waals surface area (Å²) in [5.41, 5.74) is 4.04. The lowest BCUT2D eigenvalue weighted by atomic mass is 10.1. The predicted octanol–water partition coefficient (Wildman–Crippen LogP) is 3.83. The van der Waals surface area contributed by atoms with Gasteiger partial charge < -0.3 is 10.6 Å². The Hall–Kier alpha value is -3.67. The maximum Gasteiger partial charge on any atom is 0.257 e. The molecular formula is C21H19N5O. The van der Waals surface area contributed by atoms with E-state index in [9.17, 15) is 4.79 Å². The number of pyridine rings is 1. The highest BCUT2D eigenvalue weighted by Crippen LogP contribution is 2.21. The molecule has 0 fully saturated rings. The first kappa shape index (κ1) is 16.8. The van der Waals surface area contributed by atoms with Crippen LogP contribution in [-0.4, -0.2) is 20.7 Å². The molecule has 1 amide bonds. The molecule has 2 heterocycles. The molecule has 2 aromatic carbocycles. The molecule has 0 bridgehead atoms. The number of anilines is 2. The second-order valence-electron chi connectivity index (χ2n) is 6.29. The molecule has 27 heavy (non-hydrogen) atoms. The Balaban J connectivity index is 1.52. The van der Waals surface area contributed by atoms with Gasteiger partial charge in [0.1, 0.15) is 0 Å². The van der Waals surface area contributed by atoms with Gasteiger partial charge in [-0.25, -0.2) is 0 Å². The number of hydrogen-bond acceptors (Lipinski definition) is 4. The maximum absolute atomic E-state index is 12.8. The SMILES string of the molecule is Cn1cc2ccc(NC(=O)c3ccccc3NCc3ccncc3)cc2n1. The number of amides is 1. The van der Waals surface area contributed by atoms with Crippen molar-refractivity contribution in [1.29, 1.82) is 0 Å². The molecule has 2 aromatic heterocycles. The number of aromatic nitrogens is 3. The predicted molar refractivity (Wildman–Crippen MR) is 107 cm³/mol. The first-order valence-electron chi connectivity index (χ1n) is 8.65. The molecule has 0 saturated heterocycles. The summed E-state index contributed by atoms with van der Waals surface area (Å²) >= 11 is 0. The Kier molecular flexibility index (Phi) is 4.53. The third-order valence-corrected chi connectivity index (χ3v) is 4.28. The van der Waals surface area contributed by atoms with Crippen molar-refractivity contribution in [3.63, 3.8) is 0 Å². The standard InChI is InChI=1S/C21H19N5O/c1-26-14-16-6-7-17(12-20(16)25-26)24-21(27)18-4-2-3-5-19(18)23-13-15-8-10-22-11-9-15/h2-12,14,23H,13H2,1H3,(H,24,27). The van der Waals surface area contributed by atoms with Crippen molar-refractivity contribution in [2.75, 3.05) is 10.6 Å². The number of carbonyl (C=O) groups is 1. The Morgan fingerprint density at radius 1 is 1.07 bits per heavy atom. The highest BCUT2D eigenvalue weighted by Gasteiger charge is 2.12. The largest absolute Gasteiger partial charge is 0.380 e. The van der Waals surface area contributed by atoms with Crippen molar-refractivity contribution in [2.24, 2.45) is 7.05 Å². The molecule has 0 radical (unpaired) electrons. The van der Waals surface area contributed by atoms with Gasteiger partial charge in [0.15, 0.2) is 0 Å². The minimum atomic E-state index is -0.164. The van der Waals surface area contributed by atoms with Gasteiger partial charge in [-0.2, -0.15) is 5.10 Å². The Morgan fingerprint density at radius 3 is 2.74 bits per heavy atom. The topological polar surface area (TPSA) is 71.8 Å². The van der Waals surface area contributed by atoms with Crippen LogP contribution in [0.1, 0.15) is 15.9 Å². The highest BCUT2D eigenvalue weighted by molar-refractivity contribution is 6.08. The van der Waals surface area contributed by atoms with Crippen molar-refractivity contribution in [2.45, 2.75) is 6.54 Å². The van der Waals surface area contributed by atoms with Gasteiger partial charge in [0, 0.05) is 48.9 Å². The van der Waals surface area contributed by atoms with Crippen LogP contribution in [0.15, 0.2) is 73.2 Å². The first-order valence-corrected chi connectivity index (χ1v) is 8.65. The van der Waals surface area contributed by atoms with Crippen molar-refractivity contribution < 1.29 is 4.79 Å². The quantitative estimate of drug-likeness (QED) is 0.569. The van der Waals surface area contributed by atoms with Gasteiger partial charge in [-0.1, -0.05) is 12.1 Å². The van der Waals surface area contributed by atoms with E-state index in [0.29, 0.717) is 12.1 Å². The van der Waals surface area contributed by atoms with E-state index in [2.05, 4.69) is 20.7 Å². The molecule has 0 aliphatic heterocycles. The lowest BCUT2D eigenvalue weighted by Crippen LogP contribution is -2.14. The summed E-state index contributed by atoms with van der Waals surface area (Å²) in [6.07, 6.45) is 5.45. The maximum atomic E-state index is 12.8. The van der Waals surface area contributed by atoms with Crippen LogP contribution in [0.2, 0.25) is 0 Å². The zero-order valence-electron chi connectivity index (χ0n) is 14.9. The fourth-order valence-electron chi connectivity index (χ4n) is 2.95. The first-order chi connectivity index (χ1) is 13.2. The second-order valence-corrected chi connectivity index (χ2v) is 6.29. The number of aryl methyl sites for hydroxylation is 1. The summed E-state index contributed by atoms with van der Waals surface area (Å²) in [5, 5.41) is 11.7. The zero-order valence-corrected chi connectivity index (χ0v) is 14.9. The molecule has 0 aliphatic rings. The fourth-order valence-corrected chi connectivity index (χ4v) is 2.95. The third kappa shape index (κ3) is 3.79. The lowest BCUT2D eigenvalue weighted by molar-refractivity contribution is 0.102. The number of hydrogen-bond donors (Lipinski definition) is 2. The summed E-state index contributed by atoms with van der Waals surface area (Å²) < 4.78 is 1.76. The van der Waals surface area contributed by atoms with Crippen molar-refractivity contribution >= 4 is 28.2 Å². The summed E-state index contributed by atoms with van der Waals surface area (Å²) in [7, 11) is 1.88. The summed E-state index contributed by atoms with van der Waals surface area (Å²) in [6.45, 7) is 0.618. The van der Waals surface area contributed by atoms with Gasteiger partial charge >= 0.3 is 0 Å². The highest BCUT2D eigenvalue weighted by atomic mass is 16.1. The Morgan fingerprint density at radius 2 is 1.89 bits per heavy atom. The van der Waals surface area contributed by atoms with Gasteiger partial charge in [-0.3, -0.25) is 14.5 Å². The molecule has 0 saturated carbocycles. The number of rotatable bonds is 5. The molecule has 0 atom stereocenters. The molecule has 4 rings (SSSR count). The van der Waals surface area contributed by atoms with Gasteiger partial charge in [0.25, 0.3) is 5.91 Å². The molecule has 0 aliphatic carbocycles. The second kappa shape index (κ2) is 7.29. The Bertz CT molecular complexity index is 1090. The number of para-hydroxylation sites is 1. The van der Waals surface area contributed by atoms with E-state index < -0.39 is 0 Å². The van der Waals surface area contributed by atoms with Crippen molar-refractivity contribution in [3.8, 4) is 0 Å². The van der Waals surface area contributed by atoms with Crippen molar-refractivity contribution in [3.05, 3.63) is 84.3 Å². The average molecular weight is 357 g/mol. The van der Waals surface area contributed by atoms with Gasteiger partial charge in [-0.15, -0.1) is 0 Å². The smallest absolute Gasteiger partial charge is 0.257 e. The van der Waals surface area contributed by atoms with Crippen LogP contribution in [0.5, 0.6) is 0 Å². The lowest BCUT2D eigenvalue weighted by Gasteiger charge is -2.12. The van der Waals surface area contributed by atoms with Crippen LogP contribution in [0, 0.1) is 0 Å². The molecule has 0 spiro atoms. The van der Waals surface area contributed by atoms with Crippen LogP contribution in [0.25, 0.3) is 10.9 Å². The van der Waals surface area contributed by atoms with E-state index in [4.69, 9.17) is 0 Å². The molecule has 6 heteroatoms. The molecule has 134 valence electrons.